The smallest absolute Gasteiger partial charge is 0.266 e. The molecule has 6 nitrogen and oxygen atoms in total. The lowest BCUT2D eigenvalue weighted by molar-refractivity contribution is 0.564. The van der Waals surface area contributed by atoms with Crippen LogP contribution in [0.4, 0.5) is 4.39 Å². The summed E-state index contributed by atoms with van der Waals surface area (Å²) in [6.45, 7) is 1.87. The SMILES string of the molecule is CCn1c(S(=O)(=O)CCc2cccc(F)c2)n[nH]c1=O. The van der Waals surface area contributed by atoms with Crippen LogP contribution in [-0.2, 0) is 22.8 Å². The molecule has 0 saturated carbocycles. The Kier molecular flexibility index (Phi) is 4.03. The topological polar surface area (TPSA) is 84.8 Å². The largest absolute Gasteiger partial charge is 0.344 e. The number of aromatic nitrogens is 3. The third kappa shape index (κ3) is 2.96. The fourth-order valence-electron chi connectivity index (χ4n) is 1.86. The average Bonchev–Trinajstić information content (AvgIpc) is 2.78. The normalized spacial score (nSPS) is 11.7. The highest BCUT2D eigenvalue weighted by Gasteiger charge is 2.22. The molecule has 0 fully saturated rings. The van der Waals surface area contributed by atoms with Gasteiger partial charge in [-0.3, -0.25) is 4.57 Å². The monoisotopic (exact) mass is 299 g/mol. The van der Waals surface area contributed by atoms with Crippen LogP contribution in [0.2, 0.25) is 0 Å². The first-order valence-electron chi connectivity index (χ1n) is 6.06. The maximum absolute atomic E-state index is 13.0. The highest BCUT2D eigenvalue weighted by molar-refractivity contribution is 7.91. The van der Waals surface area contributed by atoms with Crippen molar-refractivity contribution in [2.24, 2.45) is 0 Å². The van der Waals surface area contributed by atoms with Crippen LogP contribution in [0.3, 0.4) is 0 Å². The molecule has 2 rings (SSSR count). The van der Waals surface area contributed by atoms with Crippen LogP contribution in [0, 0.1) is 5.82 Å². The number of halogens is 1. The molecule has 1 aromatic carbocycles. The Hall–Kier alpha value is -1.96. The molecule has 0 bridgehead atoms. The van der Waals surface area contributed by atoms with Gasteiger partial charge in [0.25, 0.3) is 0 Å². The molecule has 20 heavy (non-hydrogen) atoms. The van der Waals surface area contributed by atoms with Gasteiger partial charge in [0.15, 0.2) is 0 Å². The minimum Gasteiger partial charge on any atom is -0.266 e. The maximum Gasteiger partial charge on any atom is 0.344 e. The first-order chi connectivity index (χ1) is 9.44. The number of rotatable bonds is 5. The molecule has 0 radical (unpaired) electrons. The van der Waals surface area contributed by atoms with Gasteiger partial charge in [0.05, 0.1) is 5.75 Å². The van der Waals surface area contributed by atoms with Gasteiger partial charge in [0.1, 0.15) is 5.82 Å². The van der Waals surface area contributed by atoms with E-state index in [1.165, 1.54) is 18.2 Å². The Morgan fingerprint density at radius 3 is 2.80 bits per heavy atom. The van der Waals surface area contributed by atoms with Gasteiger partial charge < -0.3 is 0 Å². The molecule has 0 spiro atoms. The van der Waals surface area contributed by atoms with E-state index in [1.807, 2.05) is 0 Å². The number of aryl methyl sites for hydroxylation is 1. The first-order valence-corrected chi connectivity index (χ1v) is 7.71. The first kappa shape index (κ1) is 14.4. The van der Waals surface area contributed by atoms with E-state index in [4.69, 9.17) is 0 Å². The van der Waals surface area contributed by atoms with Crippen molar-refractivity contribution in [3.63, 3.8) is 0 Å². The number of aromatic amines is 1. The lowest BCUT2D eigenvalue weighted by atomic mass is 10.2. The van der Waals surface area contributed by atoms with Crippen molar-refractivity contribution < 1.29 is 12.8 Å². The second-order valence-corrected chi connectivity index (χ2v) is 6.26. The summed E-state index contributed by atoms with van der Waals surface area (Å²) in [7, 11) is -3.70. The van der Waals surface area contributed by atoms with Gasteiger partial charge in [-0.05, 0) is 31.0 Å². The number of sulfone groups is 1. The predicted octanol–water partition coefficient (Wildman–Crippen LogP) is 0.747. The molecule has 0 atom stereocenters. The van der Waals surface area contributed by atoms with Crippen LogP contribution in [0.1, 0.15) is 12.5 Å². The molecular formula is C12H14FN3O3S. The standard InChI is InChI=1S/C12H14FN3O3S/c1-2-16-11(17)14-15-12(16)20(18,19)7-6-9-4-3-5-10(13)8-9/h3-5,8H,2,6-7H2,1H3,(H,14,17). The van der Waals surface area contributed by atoms with E-state index in [9.17, 15) is 17.6 Å². The van der Waals surface area contributed by atoms with Crippen molar-refractivity contribution in [3.8, 4) is 0 Å². The molecule has 0 aliphatic rings. The molecule has 1 N–H and O–H groups in total. The van der Waals surface area contributed by atoms with E-state index in [0.29, 0.717) is 5.56 Å². The molecule has 0 unspecified atom stereocenters. The summed E-state index contributed by atoms with van der Waals surface area (Å²) in [6, 6.07) is 5.75. The molecule has 0 aliphatic carbocycles. The van der Waals surface area contributed by atoms with Crippen molar-refractivity contribution in [1.29, 1.82) is 0 Å². The Bertz CT molecular complexity index is 764. The van der Waals surface area contributed by atoms with E-state index in [0.717, 1.165) is 4.57 Å². The highest BCUT2D eigenvalue weighted by Crippen LogP contribution is 2.10. The zero-order chi connectivity index (χ0) is 14.8. The quantitative estimate of drug-likeness (QED) is 0.882. The fraction of sp³-hybridized carbons (Fsp3) is 0.333. The molecular weight excluding hydrogens is 285 g/mol. The summed E-state index contributed by atoms with van der Waals surface area (Å²) < 4.78 is 38.4. The van der Waals surface area contributed by atoms with Crippen LogP contribution in [0.5, 0.6) is 0 Å². The number of nitrogens with one attached hydrogen (secondary N) is 1. The summed E-state index contributed by atoms with van der Waals surface area (Å²) in [6.07, 6.45) is 0.158. The molecule has 1 aromatic heterocycles. The second kappa shape index (κ2) is 5.58. The molecule has 0 saturated heterocycles. The summed E-state index contributed by atoms with van der Waals surface area (Å²) in [4.78, 5) is 11.4. The zero-order valence-corrected chi connectivity index (χ0v) is 11.7. The number of hydrogen-bond donors (Lipinski definition) is 1. The molecule has 2 aromatic rings. The predicted molar refractivity (Wildman–Crippen MR) is 70.7 cm³/mol. The molecule has 108 valence electrons. The van der Waals surface area contributed by atoms with Crippen molar-refractivity contribution in [2.75, 3.05) is 5.75 Å². The van der Waals surface area contributed by atoms with Crippen LogP contribution in [0.25, 0.3) is 0 Å². The van der Waals surface area contributed by atoms with Crippen molar-refractivity contribution in [2.45, 2.75) is 25.0 Å². The fourth-order valence-corrected chi connectivity index (χ4v) is 3.28. The van der Waals surface area contributed by atoms with Gasteiger partial charge in [-0.1, -0.05) is 12.1 Å². The molecule has 0 amide bonds. The lowest BCUT2D eigenvalue weighted by Gasteiger charge is -2.05. The van der Waals surface area contributed by atoms with Crippen molar-refractivity contribution >= 4 is 9.84 Å². The van der Waals surface area contributed by atoms with E-state index in [2.05, 4.69) is 10.2 Å². The molecule has 8 heteroatoms. The minimum atomic E-state index is -3.70. The van der Waals surface area contributed by atoms with E-state index in [1.54, 1.807) is 13.0 Å². The Morgan fingerprint density at radius 1 is 1.40 bits per heavy atom. The third-order valence-corrected chi connectivity index (χ3v) is 4.48. The van der Waals surface area contributed by atoms with E-state index in [-0.39, 0.29) is 23.9 Å². The second-order valence-electron chi connectivity index (χ2n) is 4.25. The lowest BCUT2D eigenvalue weighted by Crippen LogP contribution is -2.21. The zero-order valence-electron chi connectivity index (χ0n) is 10.8. The van der Waals surface area contributed by atoms with Crippen LogP contribution in [0.15, 0.2) is 34.2 Å². The van der Waals surface area contributed by atoms with Crippen molar-refractivity contribution in [1.82, 2.24) is 14.8 Å². The summed E-state index contributed by atoms with van der Waals surface area (Å²) >= 11 is 0. The number of hydrogen-bond acceptors (Lipinski definition) is 4. The Balaban J connectivity index is 2.21. The average molecular weight is 299 g/mol. The van der Waals surface area contributed by atoms with Gasteiger partial charge in [-0.25, -0.2) is 22.7 Å². The number of H-pyrrole nitrogens is 1. The third-order valence-electron chi connectivity index (χ3n) is 2.87. The number of nitrogens with zero attached hydrogens (tertiary/aromatic N) is 2. The number of benzene rings is 1. The van der Waals surface area contributed by atoms with Gasteiger partial charge in [-0.15, -0.1) is 5.10 Å². The van der Waals surface area contributed by atoms with E-state index >= 15 is 0 Å². The van der Waals surface area contributed by atoms with Crippen LogP contribution in [-0.4, -0.2) is 28.9 Å². The summed E-state index contributed by atoms with van der Waals surface area (Å²) in [5.41, 5.74) is 0.0198. The van der Waals surface area contributed by atoms with Gasteiger partial charge in [-0.2, -0.15) is 0 Å². The molecule has 0 aliphatic heterocycles. The van der Waals surface area contributed by atoms with Crippen molar-refractivity contribution in [3.05, 3.63) is 46.1 Å². The minimum absolute atomic E-state index is 0.158. The highest BCUT2D eigenvalue weighted by atomic mass is 32.2. The van der Waals surface area contributed by atoms with Gasteiger partial charge in [0, 0.05) is 6.54 Å². The summed E-state index contributed by atoms with van der Waals surface area (Å²) in [5.74, 6) is -0.647. The van der Waals surface area contributed by atoms with Crippen LogP contribution < -0.4 is 5.69 Å². The Labute approximate surface area is 115 Å². The Morgan fingerprint density at radius 2 is 2.15 bits per heavy atom. The summed E-state index contributed by atoms with van der Waals surface area (Å²) in [5, 5.41) is 5.39. The van der Waals surface area contributed by atoms with Gasteiger partial charge >= 0.3 is 5.69 Å². The van der Waals surface area contributed by atoms with Gasteiger partial charge in [0.2, 0.25) is 15.0 Å². The van der Waals surface area contributed by atoms with Crippen LogP contribution >= 0.6 is 0 Å². The van der Waals surface area contributed by atoms with E-state index < -0.39 is 21.3 Å². The molecule has 1 heterocycles. The maximum atomic E-state index is 13.0.